The molecule has 9 rings (SSSR count). The first kappa shape index (κ1) is 47.1. The van der Waals surface area contributed by atoms with Gasteiger partial charge in [0.25, 0.3) is 0 Å². The maximum Gasteiger partial charge on any atom is 0.126 e. The molecule has 0 saturated heterocycles. The van der Waals surface area contributed by atoms with Crippen LogP contribution in [0.3, 0.4) is 0 Å². The number of rotatable bonds is 11. The number of aromatic nitrogens is 6. The van der Waals surface area contributed by atoms with E-state index in [4.69, 9.17) is 19.9 Å². The van der Waals surface area contributed by atoms with Gasteiger partial charge in [0, 0.05) is 66.1 Å². The van der Waals surface area contributed by atoms with Gasteiger partial charge in [-0.3, -0.25) is 19.9 Å². The second kappa shape index (κ2) is 18.5. The normalized spacial score (nSPS) is 12.3. The van der Waals surface area contributed by atoms with Crippen molar-refractivity contribution in [2.45, 2.75) is 85.1 Å². The molecule has 0 N–H and O–H groups in total. The highest BCUT2D eigenvalue weighted by atomic mass is 28.3. The van der Waals surface area contributed by atoms with E-state index in [0.29, 0.717) is 5.82 Å². The molecule has 9 aromatic rings. The topological polar surface area (TPSA) is 77.3 Å². The highest BCUT2D eigenvalue weighted by Gasteiger charge is 2.31. The summed E-state index contributed by atoms with van der Waals surface area (Å²) in [7, 11) is -4.02. The molecule has 4 aromatic carbocycles. The minimum Gasteiger partial charge on any atom is -0.265 e. The predicted octanol–water partition coefficient (Wildman–Crippen LogP) is 13.4. The third-order valence-corrected chi connectivity index (χ3v) is 19.3. The molecule has 0 aliphatic rings. The van der Waals surface area contributed by atoms with Crippen LogP contribution in [0.2, 0.25) is 32.7 Å². The first-order chi connectivity index (χ1) is 32.9. The maximum absolute atomic E-state index is 5.24. The molecular formula is C61H62N6Si2. The Bertz CT molecular complexity index is 3100. The maximum atomic E-state index is 5.24. The molecule has 8 heteroatoms. The van der Waals surface area contributed by atoms with Crippen LogP contribution in [0.1, 0.15) is 57.1 Å². The van der Waals surface area contributed by atoms with Crippen molar-refractivity contribution in [1.82, 2.24) is 29.9 Å². The Hall–Kier alpha value is -7.01. The van der Waals surface area contributed by atoms with Gasteiger partial charge in [-0.25, -0.2) is 9.97 Å². The Morgan fingerprint density at radius 2 is 0.812 bits per heavy atom. The van der Waals surface area contributed by atoms with Gasteiger partial charge < -0.3 is 0 Å². The Morgan fingerprint density at radius 1 is 0.406 bits per heavy atom. The summed E-state index contributed by atoms with van der Waals surface area (Å²) in [5.74, 6) is 0.699. The second-order valence-corrected chi connectivity index (χ2v) is 30.9. The summed E-state index contributed by atoms with van der Waals surface area (Å²) in [4.78, 5) is 29.2. The molecule has 0 spiro atoms. The summed E-state index contributed by atoms with van der Waals surface area (Å²) < 4.78 is 0. The van der Waals surface area contributed by atoms with Gasteiger partial charge in [0.2, 0.25) is 0 Å². The molecule has 0 atom stereocenters. The molecule has 6 nitrogen and oxygen atoms in total. The van der Waals surface area contributed by atoms with Crippen molar-refractivity contribution in [2.24, 2.45) is 0 Å². The fraction of sp³-hybridized carbons (Fsp3) is 0.213. The Kier molecular flexibility index (Phi) is 12.6. The molecule has 344 valence electrons. The zero-order valence-corrected chi connectivity index (χ0v) is 43.9. The molecular weight excluding hydrogens is 873 g/mol. The van der Waals surface area contributed by atoms with Crippen LogP contribution in [0.4, 0.5) is 0 Å². The number of hydrogen-bond donors (Lipinski definition) is 0. The molecule has 0 amide bonds. The van der Waals surface area contributed by atoms with Gasteiger partial charge in [-0.15, -0.1) is 0 Å². The summed E-state index contributed by atoms with van der Waals surface area (Å²) >= 11 is 0. The molecule has 0 saturated carbocycles. The van der Waals surface area contributed by atoms with Crippen LogP contribution < -0.4 is 15.6 Å². The van der Waals surface area contributed by atoms with Crippen LogP contribution in [0, 0.1) is 6.92 Å². The van der Waals surface area contributed by atoms with Crippen LogP contribution >= 0.6 is 0 Å². The van der Waals surface area contributed by atoms with Gasteiger partial charge >= 0.3 is 0 Å². The van der Waals surface area contributed by atoms with Gasteiger partial charge in [0.15, 0.2) is 0 Å². The average Bonchev–Trinajstić information content (AvgIpc) is 3.36. The fourth-order valence-corrected chi connectivity index (χ4v) is 14.0. The number of nitrogens with zero attached hydrogens (tertiary/aromatic N) is 6. The lowest BCUT2D eigenvalue weighted by Crippen LogP contribution is -2.53. The van der Waals surface area contributed by atoms with Crippen LogP contribution in [-0.2, 0) is 10.8 Å². The van der Waals surface area contributed by atoms with Gasteiger partial charge in [-0.1, -0.05) is 133 Å². The van der Waals surface area contributed by atoms with E-state index in [1.165, 1.54) is 37.8 Å². The largest absolute Gasteiger partial charge is 0.265 e. The molecule has 0 aliphatic carbocycles. The summed E-state index contributed by atoms with van der Waals surface area (Å²) in [5.41, 5.74) is 16.0. The van der Waals surface area contributed by atoms with Crippen LogP contribution in [0.5, 0.6) is 0 Å². The monoisotopic (exact) mass is 934 g/mol. The van der Waals surface area contributed by atoms with Gasteiger partial charge in [-0.05, 0) is 151 Å². The van der Waals surface area contributed by atoms with Crippen molar-refractivity contribution in [3.8, 4) is 67.0 Å². The van der Waals surface area contributed by atoms with Crippen molar-refractivity contribution in [3.63, 3.8) is 0 Å². The van der Waals surface area contributed by atoms with E-state index in [-0.39, 0.29) is 10.8 Å². The van der Waals surface area contributed by atoms with Crippen LogP contribution in [0.15, 0.2) is 177 Å². The molecule has 0 bridgehead atoms. The van der Waals surface area contributed by atoms with E-state index in [1.807, 2.05) is 44.1 Å². The van der Waals surface area contributed by atoms with E-state index in [0.717, 1.165) is 61.5 Å². The number of aryl methyl sites for hydroxylation is 1. The number of pyridine rings is 4. The van der Waals surface area contributed by atoms with Gasteiger partial charge in [0.05, 0.1) is 19.5 Å². The molecule has 5 heterocycles. The van der Waals surface area contributed by atoms with Crippen molar-refractivity contribution >= 4 is 31.7 Å². The third kappa shape index (κ3) is 9.56. The molecule has 0 fully saturated rings. The van der Waals surface area contributed by atoms with E-state index in [2.05, 4.69) is 217 Å². The van der Waals surface area contributed by atoms with E-state index < -0.39 is 16.1 Å². The van der Waals surface area contributed by atoms with Crippen molar-refractivity contribution in [3.05, 3.63) is 199 Å². The molecule has 0 unspecified atom stereocenters. The van der Waals surface area contributed by atoms with Gasteiger partial charge in [0.1, 0.15) is 13.9 Å². The minimum absolute atomic E-state index is 0.139. The standard InChI is InChI=1S/C61H62N6Si2/c1-41-66-56(46-32-42(50-22-26-62-37-54(50)60(2,3)4)30-45(35-46)53-25-29-65-40-59(53)69(10,11)49-20-16-13-17-21-49)36-57(67-41)47-33-43(31-44(34-47)52-24-28-64-39-58(52)68(7,8)9)51-23-27-63-38-55(51)61(5,6)48-18-14-12-15-19-48/h12-40H,1-11H3. The molecule has 0 aliphatic heterocycles. The van der Waals surface area contributed by atoms with Gasteiger partial charge in [-0.2, -0.15) is 0 Å². The lowest BCUT2D eigenvalue weighted by Gasteiger charge is -2.28. The van der Waals surface area contributed by atoms with E-state index in [1.54, 1.807) is 0 Å². The zero-order chi connectivity index (χ0) is 48.7. The SMILES string of the molecule is Cc1nc(-c2cc(-c3ccncc3C(C)(C)c3ccccc3)cc(-c3ccncc3[Si](C)(C)C)c2)cc(-c2cc(-c3ccncc3C(C)(C)C)cc(-c3ccncc3[Si](C)(C)c3ccccc3)c2)n1. The van der Waals surface area contributed by atoms with Crippen molar-refractivity contribution < 1.29 is 0 Å². The van der Waals surface area contributed by atoms with Crippen LogP contribution in [0.25, 0.3) is 67.0 Å². The minimum atomic E-state index is -2.20. The Labute approximate surface area is 411 Å². The fourth-order valence-electron chi connectivity index (χ4n) is 9.83. The van der Waals surface area contributed by atoms with Crippen LogP contribution in [-0.4, -0.2) is 46.1 Å². The lowest BCUT2D eigenvalue weighted by atomic mass is 9.75. The highest BCUT2D eigenvalue weighted by molar-refractivity contribution is 7.01. The highest BCUT2D eigenvalue weighted by Crippen LogP contribution is 2.42. The molecule has 69 heavy (non-hydrogen) atoms. The first-order valence-electron chi connectivity index (χ1n) is 24.0. The molecule has 0 radical (unpaired) electrons. The summed E-state index contributed by atoms with van der Waals surface area (Å²) in [5, 5.41) is 3.97. The Morgan fingerprint density at radius 3 is 1.32 bits per heavy atom. The number of benzene rings is 4. The average molecular weight is 935 g/mol. The second-order valence-electron chi connectivity index (χ2n) is 21.5. The molecule has 5 aromatic heterocycles. The Balaban J connectivity index is 1.28. The van der Waals surface area contributed by atoms with E-state index >= 15 is 0 Å². The zero-order valence-electron chi connectivity index (χ0n) is 41.9. The van der Waals surface area contributed by atoms with Crippen molar-refractivity contribution in [1.29, 1.82) is 0 Å². The first-order valence-corrected chi connectivity index (χ1v) is 30.5. The third-order valence-electron chi connectivity index (χ3n) is 13.8. The predicted molar refractivity (Wildman–Crippen MR) is 294 cm³/mol. The summed E-state index contributed by atoms with van der Waals surface area (Å²) in [6, 6.07) is 46.5. The summed E-state index contributed by atoms with van der Waals surface area (Å²) in [6.07, 6.45) is 15.9. The summed E-state index contributed by atoms with van der Waals surface area (Å²) in [6.45, 7) is 25.4. The quantitative estimate of drug-likeness (QED) is 0.120. The van der Waals surface area contributed by atoms with E-state index in [9.17, 15) is 0 Å². The number of hydrogen-bond acceptors (Lipinski definition) is 6. The smallest absolute Gasteiger partial charge is 0.126 e. The van der Waals surface area contributed by atoms with Crippen molar-refractivity contribution in [2.75, 3.05) is 0 Å². The lowest BCUT2D eigenvalue weighted by molar-refractivity contribution is 0.589.